The van der Waals surface area contributed by atoms with Crippen LogP contribution in [0.4, 0.5) is 5.00 Å². The molecule has 0 fully saturated rings. The van der Waals surface area contributed by atoms with E-state index >= 15 is 0 Å². The predicted octanol–water partition coefficient (Wildman–Crippen LogP) is 1.76. The highest BCUT2D eigenvalue weighted by atomic mass is 32.1. The number of anilines is 1. The summed E-state index contributed by atoms with van der Waals surface area (Å²) >= 11 is 1.55. The second-order valence-electron chi connectivity index (χ2n) is 3.69. The molecule has 16 heavy (non-hydrogen) atoms. The first kappa shape index (κ1) is 9.80. The van der Waals surface area contributed by atoms with Crippen molar-refractivity contribution >= 4 is 16.3 Å². The molecule has 0 spiro atoms. The average molecular weight is 237 g/mol. The Balaban J connectivity index is 2.16. The Morgan fingerprint density at radius 2 is 2.31 bits per heavy atom. The van der Waals surface area contributed by atoms with Crippen LogP contribution in [0.2, 0.25) is 0 Å². The maximum absolute atomic E-state index is 6.00. The smallest absolute Gasteiger partial charge is 0.261 e. The lowest BCUT2D eigenvalue weighted by Crippen LogP contribution is -2.07. The van der Waals surface area contributed by atoms with Crippen LogP contribution in [-0.2, 0) is 17.8 Å². The van der Waals surface area contributed by atoms with Crippen LogP contribution in [0.25, 0.3) is 11.5 Å². The van der Waals surface area contributed by atoms with Gasteiger partial charge in [-0.2, -0.15) is 4.98 Å². The molecule has 6 heteroatoms. The second kappa shape index (κ2) is 3.57. The summed E-state index contributed by atoms with van der Waals surface area (Å²) in [7, 11) is 0. The van der Waals surface area contributed by atoms with E-state index in [9.17, 15) is 0 Å². The van der Waals surface area contributed by atoms with Crippen molar-refractivity contribution in [3.05, 3.63) is 16.3 Å². The van der Waals surface area contributed by atoms with Crippen molar-refractivity contribution in [2.24, 2.45) is 0 Å². The number of fused-ring (bicyclic) bond motifs is 1. The summed E-state index contributed by atoms with van der Waals surface area (Å²) in [6, 6.07) is 0. The molecule has 0 unspecified atom stereocenters. The van der Waals surface area contributed by atoms with Crippen molar-refractivity contribution < 1.29 is 9.26 Å². The number of thiophene rings is 1. The van der Waals surface area contributed by atoms with Crippen molar-refractivity contribution in [2.75, 3.05) is 12.3 Å². The molecule has 1 aliphatic heterocycles. The number of nitrogens with zero attached hydrogens (tertiary/aromatic N) is 2. The molecule has 0 bridgehead atoms. The molecule has 5 nitrogen and oxygen atoms in total. The lowest BCUT2D eigenvalue weighted by Gasteiger charge is -2.12. The number of aromatic nitrogens is 2. The molecule has 2 aromatic rings. The number of aryl methyl sites for hydroxylation is 1. The molecule has 0 aliphatic carbocycles. The second-order valence-corrected chi connectivity index (χ2v) is 4.83. The van der Waals surface area contributed by atoms with Gasteiger partial charge in [-0.05, 0) is 18.9 Å². The van der Waals surface area contributed by atoms with E-state index in [4.69, 9.17) is 15.0 Å². The molecule has 84 valence electrons. The fourth-order valence-corrected chi connectivity index (χ4v) is 2.93. The van der Waals surface area contributed by atoms with E-state index in [1.54, 1.807) is 18.3 Å². The fourth-order valence-electron chi connectivity index (χ4n) is 1.89. The predicted molar refractivity (Wildman–Crippen MR) is 60.1 cm³/mol. The maximum atomic E-state index is 6.00. The van der Waals surface area contributed by atoms with Gasteiger partial charge in [0, 0.05) is 4.88 Å². The Bertz CT molecular complexity index is 532. The van der Waals surface area contributed by atoms with E-state index < -0.39 is 0 Å². The van der Waals surface area contributed by atoms with Gasteiger partial charge >= 0.3 is 0 Å². The van der Waals surface area contributed by atoms with Gasteiger partial charge in [-0.3, -0.25) is 0 Å². The summed E-state index contributed by atoms with van der Waals surface area (Å²) in [5, 5.41) is 4.53. The minimum atomic E-state index is 0.523. The highest BCUT2D eigenvalue weighted by Gasteiger charge is 2.24. The fraction of sp³-hybridized carbons (Fsp3) is 0.400. The quantitative estimate of drug-likeness (QED) is 0.818. The third-order valence-electron chi connectivity index (χ3n) is 2.59. The van der Waals surface area contributed by atoms with Crippen molar-refractivity contribution in [3.8, 4) is 11.5 Å². The van der Waals surface area contributed by atoms with Gasteiger partial charge in [0.05, 0.1) is 23.8 Å². The zero-order valence-corrected chi connectivity index (χ0v) is 9.63. The monoisotopic (exact) mass is 237 g/mol. The van der Waals surface area contributed by atoms with Crippen LogP contribution in [0.5, 0.6) is 0 Å². The molecule has 2 aromatic heterocycles. The molecule has 0 atom stereocenters. The number of nitrogen functional groups attached to an aromatic ring is 1. The number of hydrogen-bond donors (Lipinski definition) is 1. The first-order valence-corrected chi connectivity index (χ1v) is 5.86. The van der Waals surface area contributed by atoms with Crippen LogP contribution in [0.3, 0.4) is 0 Å². The summed E-state index contributed by atoms with van der Waals surface area (Å²) in [6.45, 7) is 3.16. The van der Waals surface area contributed by atoms with Crippen molar-refractivity contribution in [2.45, 2.75) is 20.0 Å². The number of rotatable bonds is 1. The van der Waals surface area contributed by atoms with Crippen LogP contribution in [0.15, 0.2) is 4.52 Å². The van der Waals surface area contributed by atoms with Crippen LogP contribution in [0, 0.1) is 6.92 Å². The van der Waals surface area contributed by atoms with E-state index in [1.165, 1.54) is 10.4 Å². The zero-order chi connectivity index (χ0) is 11.1. The number of nitrogens with two attached hydrogens (primary N) is 1. The van der Waals surface area contributed by atoms with Crippen molar-refractivity contribution in [3.63, 3.8) is 0 Å². The molecular weight excluding hydrogens is 226 g/mol. The van der Waals surface area contributed by atoms with Crippen LogP contribution >= 0.6 is 11.3 Å². The van der Waals surface area contributed by atoms with Crippen LogP contribution in [0.1, 0.15) is 16.3 Å². The summed E-state index contributed by atoms with van der Waals surface area (Å²) in [5.74, 6) is 1.15. The molecule has 2 N–H and O–H groups in total. The normalized spacial score (nSPS) is 15.1. The third-order valence-corrected chi connectivity index (χ3v) is 3.62. The lowest BCUT2D eigenvalue weighted by molar-refractivity contribution is 0.113. The number of hydrogen-bond acceptors (Lipinski definition) is 6. The van der Waals surface area contributed by atoms with Gasteiger partial charge in [-0.1, -0.05) is 5.16 Å². The van der Waals surface area contributed by atoms with Gasteiger partial charge < -0.3 is 15.0 Å². The average Bonchev–Trinajstić information content (AvgIpc) is 2.80. The van der Waals surface area contributed by atoms with E-state index in [2.05, 4.69) is 10.1 Å². The van der Waals surface area contributed by atoms with Gasteiger partial charge in [-0.15, -0.1) is 11.3 Å². The molecule has 3 rings (SSSR count). The highest BCUT2D eigenvalue weighted by molar-refractivity contribution is 7.16. The molecule has 0 aromatic carbocycles. The Hall–Kier alpha value is -1.40. The molecular formula is C10H11N3O2S. The van der Waals surface area contributed by atoms with E-state index in [1.807, 2.05) is 0 Å². The SMILES string of the molecule is Cc1noc(-c2c(N)sc3c2CCOC3)n1. The molecule has 0 amide bonds. The summed E-state index contributed by atoms with van der Waals surface area (Å²) in [6.07, 6.45) is 0.861. The van der Waals surface area contributed by atoms with E-state index in [0.29, 0.717) is 18.3 Å². The highest BCUT2D eigenvalue weighted by Crippen LogP contribution is 2.40. The Kier molecular flexibility index (Phi) is 2.19. The van der Waals surface area contributed by atoms with Crippen molar-refractivity contribution in [1.29, 1.82) is 0 Å². The molecule has 0 saturated heterocycles. The largest absolute Gasteiger partial charge is 0.390 e. The van der Waals surface area contributed by atoms with Crippen LogP contribution in [-0.4, -0.2) is 16.7 Å². The Morgan fingerprint density at radius 1 is 1.44 bits per heavy atom. The molecule has 0 radical (unpaired) electrons. The molecule has 3 heterocycles. The molecule has 1 aliphatic rings. The first-order valence-electron chi connectivity index (χ1n) is 5.04. The zero-order valence-electron chi connectivity index (χ0n) is 8.82. The van der Waals surface area contributed by atoms with Gasteiger partial charge in [0.15, 0.2) is 5.82 Å². The summed E-state index contributed by atoms with van der Waals surface area (Å²) in [5.41, 5.74) is 8.11. The Labute approximate surface area is 96.2 Å². The molecule has 0 saturated carbocycles. The van der Waals surface area contributed by atoms with E-state index in [0.717, 1.165) is 23.6 Å². The lowest BCUT2D eigenvalue weighted by atomic mass is 10.1. The van der Waals surface area contributed by atoms with Gasteiger partial charge in [0.1, 0.15) is 0 Å². The topological polar surface area (TPSA) is 74.2 Å². The van der Waals surface area contributed by atoms with Crippen molar-refractivity contribution in [1.82, 2.24) is 10.1 Å². The maximum Gasteiger partial charge on any atom is 0.261 e. The van der Waals surface area contributed by atoms with Gasteiger partial charge in [0.2, 0.25) is 0 Å². The third kappa shape index (κ3) is 1.42. The van der Waals surface area contributed by atoms with Gasteiger partial charge in [0.25, 0.3) is 5.89 Å². The first-order chi connectivity index (χ1) is 7.75. The summed E-state index contributed by atoms with van der Waals surface area (Å²) < 4.78 is 10.6. The summed E-state index contributed by atoms with van der Waals surface area (Å²) in [4.78, 5) is 5.41. The minimum absolute atomic E-state index is 0.523. The number of ether oxygens (including phenoxy) is 1. The van der Waals surface area contributed by atoms with E-state index in [-0.39, 0.29) is 0 Å². The van der Waals surface area contributed by atoms with Crippen LogP contribution < -0.4 is 5.73 Å². The van der Waals surface area contributed by atoms with Gasteiger partial charge in [-0.25, -0.2) is 0 Å². The standard InChI is InChI=1S/C10H11N3O2S/c1-5-12-10(15-13-5)8-6-2-3-14-4-7(6)16-9(8)11/h2-4,11H2,1H3. The minimum Gasteiger partial charge on any atom is -0.390 e. The Morgan fingerprint density at radius 3 is 3.06 bits per heavy atom.